The van der Waals surface area contributed by atoms with Gasteiger partial charge in [-0.25, -0.2) is 0 Å². The van der Waals surface area contributed by atoms with E-state index >= 15 is 0 Å². The van der Waals surface area contributed by atoms with Crippen molar-refractivity contribution < 1.29 is 14.5 Å². The number of rotatable bonds is 5. The van der Waals surface area contributed by atoms with E-state index in [0.717, 1.165) is 6.42 Å². The second-order valence-corrected chi connectivity index (χ2v) is 6.39. The Morgan fingerprint density at radius 1 is 1.32 bits per heavy atom. The van der Waals surface area contributed by atoms with Gasteiger partial charge in [0.2, 0.25) is 0 Å². The van der Waals surface area contributed by atoms with Crippen molar-refractivity contribution in [2.75, 3.05) is 18.0 Å². The van der Waals surface area contributed by atoms with Crippen LogP contribution in [-0.4, -0.2) is 29.9 Å². The molecule has 130 valence electrons. The number of ketones is 1. The molecular weight excluding hydrogens is 344 g/mol. The van der Waals surface area contributed by atoms with Crippen LogP contribution in [0.5, 0.6) is 5.75 Å². The average Bonchev–Trinajstić information content (AvgIpc) is 3.02. The number of nitro benzene ring substituents is 1. The Labute approximate surface area is 150 Å². The predicted octanol–water partition coefficient (Wildman–Crippen LogP) is 4.11. The lowest BCUT2D eigenvalue weighted by Gasteiger charge is -2.19. The van der Waals surface area contributed by atoms with Crippen LogP contribution in [0.2, 0.25) is 5.02 Å². The van der Waals surface area contributed by atoms with Crippen LogP contribution in [0.3, 0.4) is 0 Å². The van der Waals surface area contributed by atoms with Gasteiger partial charge in [-0.15, -0.1) is 0 Å². The van der Waals surface area contributed by atoms with Crippen LogP contribution < -0.4 is 9.64 Å². The van der Waals surface area contributed by atoms with Crippen molar-refractivity contribution in [3.8, 4) is 5.75 Å². The van der Waals surface area contributed by atoms with Crippen molar-refractivity contribution >= 4 is 28.8 Å². The van der Waals surface area contributed by atoms with Gasteiger partial charge in [0, 0.05) is 29.6 Å². The van der Waals surface area contributed by atoms with Crippen LogP contribution in [0.4, 0.5) is 11.4 Å². The summed E-state index contributed by atoms with van der Waals surface area (Å²) >= 11 is 5.96. The molecule has 0 amide bonds. The molecule has 6 nitrogen and oxygen atoms in total. The first-order valence-electron chi connectivity index (χ1n) is 7.90. The minimum Gasteiger partial charge on any atom is -0.488 e. The van der Waals surface area contributed by atoms with Crippen LogP contribution in [0.15, 0.2) is 42.5 Å². The van der Waals surface area contributed by atoms with Crippen LogP contribution in [0, 0.1) is 10.1 Å². The highest BCUT2D eigenvalue weighted by molar-refractivity contribution is 6.30. The lowest BCUT2D eigenvalue weighted by Crippen LogP contribution is -2.25. The third-order valence-electron chi connectivity index (χ3n) is 4.16. The van der Waals surface area contributed by atoms with Crippen molar-refractivity contribution in [3.63, 3.8) is 0 Å². The van der Waals surface area contributed by atoms with E-state index in [1.165, 1.54) is 13.0 Å². The van der Waals surface area contributed by atoms with Gasteiger partial charge in [0.1, 0.15) is 17.5 Å². The molecule has 3 rings (SSSR count). The van der Waals surface area contributed by atoms with Gasteiger partial charge >= 0.3 is 0 Å². The van der Waals surface area contributed by atoms with Crippen molar-refractivity contribution in [2.45, 2.75) is 19.4 Å². The van der Waals surface area contributed by atoms with Gasteiger partial charge in [0.25, 0.3) is 5.69 Å². The lowest BCUT2D eigenvalue weighted by atomic mass is 10.1. The molecular formula is C18H17ClN2O4. The van der Waals surface area contributed by atoms with Crippen LogP contribution in [0.25, 0.3) is 0 Å². The van der Waals surface area contributed by atoms with Crippen molar-refractivity contribution in [2.24, 2.45) is 0 Å². The van der Waals surface area contributed by atoms with Gasteiger partial charge in [-0.05, 0) is 37.3 Å². The first-order valence-corrected chi connectivity index (χ1v) is 8.28. The highest BCUT2D eigenvalue weighted by Crippen LogP contribution is 2.33. The Bertz CT molecular complexity index is 824. The molecule has 1 unspecified atom stereocenters. The summed E-state index contributed by atoms with van der Waals surface area (Å²) in [4.78, 5) is 24.3. The Balaban J connectivity index is 1.77. The zero-order valence-corrected chi connectivity index (χ0v) is 14.4. The molecule has 1 aliphatic rings. The summed E-state index contributed by atoms with van der Waals surface area (Å²) in [7, 11) is 0. The molecule has 0 bridgehead atoms. The third-order valence-corrected chi connectivity index (χ3v) is 4.40. The van der Waals surface area contributed by atoms with Gasteiger partial charge < -0.3 is 9.64 Å². The summed E-state index contributed by atoms with van der Waals surface area (Å²) in [6.45, 7) is 2.57. The molecule has 2 aromatic rings. The van der Waals surface area contributed by atoms with E-state index in [9.17, 15) is 14.9 Å². The molecule has 0 saturated carbocycles. The fraction of sp³-hybridized carbons (Fsp3) is 0.278. The Kier molecular flexibility index (Phi) is 4.90. The molecule has 0 radical (unpaired) electrons. The van der Waals surface area contributed by atoms with E-state index in [1.54, 1.807) is 24.3 Å². The highest BCUT2D eigenvalue weighted by atomic mass is 35.5. The maximum absolute atomic E-state index is 11.5. The van der Waals surface area contributed by atoms with Gasteiger partial charge in [-0.3, -0.25) is 14.9 Å². The number of halogens is 1. The molecule has 1 aliphatic heterocycles. The van der Waals surface area contributed by atoms with E-state index in [-0.39, 0.29) is 17.6 Å². The number of benzene rings is 2. The number of hydrogen-bond donors (Lipinski definition) is 0. The summed E-state index contributed by atoms with van der Waals surface area (Å²) < 4.78 is 5.92. The molecule has 2 aromatic carbocycles. The summed E-state index contributed by atoms with van der Waals surface area (Å²) in [6.07, 6.45) is 0.670. The quantitative estimate of drug-likeness (QED) is 0.456. The minimum absolute atomic E-state index is 0.0592. The number of anilines is 1. The van der Waals surface area contributed by atoms with E-state index in [2.05, 4.69) is 0 Å². The molecule has 1 fully saturated rings. The number of nitro groups is 1. The van der Waals surface area contributed by atoms with Crippen molar-refractivity contribution in [1.29, 1.82) is 0 Å². The molecule has 1 atom stereocenters. The van der Waals surface area contributed by atoms with Gasteiger partial charge in [0.05, 0.1) is 11.5 Å². The van der Waals surface area contributed by atoms with Crippen LogP contribution in [-0.2, 0) is 0 Å². The summed E-state index contributed by atoms with van der Waals surface area (Å²) in [5.74, 6) is 0.485. The van der Waals surface area contributed by atoms with E-state index in [1.807, 2.05) is 17.0 Å². The standard InChI is InChI=1S/C18H17ClN2O4/c1-12(22)13-5-6-17(18(9-13)21(23)24)20-8-7-16(11-20)25-15-4-2-3-14(19)10-15/h2-6,9-10,16H,7-8,11H2,1H3. The molecule has 0 aromatic heterocycles. The number of hydrogen-bond acceptors (Lipinski definition) is 5. The zero-order valence-electron chi connectivity index (χ0n) is 13.6. The molecule has 25 heavy (non-hydrogen) atoms. The van der Waals surface area contributed by atoms with E-state index in [0.29, 0.717) is 35.1 Å². The average molecular weight is 361 g/mol. The fourth-order valence-corrected chi connectivity index (χ4v) is 3.11. The zero-order chi connectivity index (χ0) is 18.0. The highest BCUT2D eigenvalue weighted by Gasteiger charge is 2.29. The topological polar surface area (TPSA) is 72.7 Å². The predicted molar refractivity (Wildman–Crippen MR) is 95.8 cm³/mol. The van der Waals surface area contributed by atoms with Gasteiger partial charge in [0.15, 0.2) is 5.78 Å². The maximum Gasteiger partial charge on any atom is 0.293 e. The third kappa shape index (κ3) is 3.91. The normalized spacial score (nSPS) is 16.7. The molecule has 0 N–H and O–H groups in total. The summed E-state index contributed by atoms with van der Waals surface area (Å²) in [5, 5.41) is 12.0. The first-order chi connectivity index (χ1) is 11.9. The monoisotopic (exact) mass is 360 g/mol. The number of carbonyl (C=O) groups is 1. The molecule has 7 heteroatoms. The summed E-state index contributed by atoms with van der Waals surface area (Å²) in [6, 6.07) is 11.8. The van der Waals surface area contributed by atoms with Crippen LogP contribution >= 0.6 is 11.6 Å². The maximum atomic E-state index is 11.5. The summed E-state index contributed by atoms with van der Waals surface area (Å²) in [5.41, 5.74) is 0.782. The number of nitrogens with zero attached hydrogens (tertiary/aromatic N) is 2. The van der Waals surface area contributed by atoms with E-state index in [4.69, 9.17) is 16.3 Å². The Morgan fingerprint density at radius 2 is 2.12 bits per heavy atom. The Morgan fingerprint density at radius 3 is 2.80 bits per heavy atom. The molecule has 1 heterocycles. The second kappa shape index (κ2) is 7.11. The largest absolute Gasteiger partial charge is 0.488 e. The fourth-order valence-electron chi connectivity index (χ4n) is 2.93. The first kappa shape index (κ1) is 17.2. The van der Waals surface area contributed by atoms with Crippen molar-refractivity contribution in [3.05, 3.63) is 63.2 Å². The van der Waals surface area contributed by atoms with Gasteiger partial charge in [-0.2, -0.15) is 0 Å². The van der Waals surface area contributed by atoms with Gasteiger partial charge in [-0.1, -0.05) is 17.7 Å². The lowest BCUT2D eigenvalue weighted by molar-refractivity contribution is -0.384. The minimum atomic E-state index is -0.451. The van der Waals surface area contributed by atoms with E-state index < -0.39 is 4.92 Å². The van der Waals surface area contributed by atoms with Crippen LogP contribution in [0.1, 0.15) is 23.7 Å². The number of carbonyl (C=O) groups excluding carboxylic acids is 1. The smallest absolute Gasteiger partial charge is 0.293 e. The number of Topliss-reactive ketones (excluding diaryl/α,β-unsaturated/α-hetero) is 1. The van der Waals surface area contributed by atoms with Crippen molar-refractivity contribution in [1.82, 2.24) is 0 Å². The number of ether oxygens (including phenoxy) is 1. The molecule has 0 spiro atoms. The molecule has 0 aliphatic carbocycles. The molecule has 1 saturated heterocycles. The SMILES string of the molecule is CC(=O)c1ccc(N2CCC(Oc3cccc(Cl)c3)C2)c([N+](=O)[O-])c1. The second-order valence-electron chi connectivity index (χ2n) is 5.95. The Hall–Kier alpha value is -2.60.